The van der Waals surface area contributed by atoms with Crippen molar-refractivity contribution in [3.63, 3.8) is 0 Å². The summed E-state index contributed by atoms with van der Waals surface area (Å²) >= 11 is 5.19. The van der Waals surface area contributed by atoms with Crippen LogP contribution in [0.1, 0.15) is 5.56 Å². The zero-order chi connectivity index (χ0) is 12.3. The molecule has 0 radical (unpaired) electrons. The van der Waals surface area contributed by atoms with Gasteiger partial charge in [0.25, 0.3) is 0 Å². The minimum Gasteiger partial charge on any atom is -0.411 e. The Labute approximate surface area is 102 Å². The van der Waals surface area contributed by atoms with Crippen molar-refractivity contribution in [3.05, 3.63) is 58.6 Å². The molecule has 0 aliphatic carbocycles. The van der Waals surface area contributed by atoms with Crippen molar-refractivity contribution in [2.45, 2.75) is 0 Å². The molecule has 1 aromatic carbocycles. The molecule has 1 heterocycles. The highest BCUT2D eigenvalue weighted by molar-refractivity contribution is 7.71. The fourth-order valence-corrected chi connectivity index (χ4v) is 1.79. The van der Waals surface area contributed by atoms with E-state index in [0.29, 0.717) is 15.9 Å². The zero-order valence-electron chi connectivity index (χ0n) is 8.75. The maximum Gasteiger partial charge on any atom is 0.147 e. The van der Waals surface area contributed by atoms with E-state index in [4.69, 9.17) is 17.4 Å². The first-order chi connectivity index (χ1) is 8.24. The van der Waals surface area contributed by atoms with Crippen LogP contribution >= 0.6 is 12.2 Å². The second kappa shape index (κ2) is 4.88. The molecule has 2 rings (SSSR count). The topological polar surface area (TPSA) is 37.5 Å². The molecule has 0 atom stereocenters. The summed E-state index contributed by atoms with van der Waals surface area (Å²) in [5.74, 6) is -0.360. The maximum atomic E-state index is 13.6. The Morgan fingerprint density at radius 3 is 2.71 bits per heavy atom. The Morgan fingerprint density at radius 1 is 1.24 bits per heavy atom. The normalized spacial score (nSPS) is 10.9. The van der Waals surface area contributed by atoms with Crippen molar-refractivity contribution in [2.75, 3.05) is 0 Å². The van der Waals surface area contributed by atoms with Gasteiger partial charge < -0.3 is 9.77 Å². The van der Waals surface area contributed by atoms with Crippen LogP contribution in [-0.2, 0) is 0 Å². The summed E-state index contributed by atoms with van der Waals surface area (Å²) < 4.78 is 15.5. The molecule has 0 bridgehead atoms. The second-order valence-electron chi connectivity index (χ2n) is 3.33. The average molecular weight is 248 g/mol. The van der Waals surface area contributed by atoms with Crippen LogP contribution in [0, 0.1) is 10.5 Å². The predicted molar refractivity (Wildman–Crippen MR) is 65.9 cm³/mol. The van der Waals surface area contributed by atoms with Gasteiger partial charge in [-0.2, -0.15) is 0 Å². The maximum absolute atomic E-state index is 13.6. The van der Waals surface area contributed by atoms with Gasteiger partial charge in [-0.05, 0) is 24.3 Å². The van der Waals surface area contributed by atoms with E-state index >= 15 is 0 Å². The Bertz CT molecular complexity index is 622. The van der Waals surface area contributed by atoms with Crippen LogP contribution in [0.4, 0.5) is 4.39 Å². The van der Waals surface area contributed by atoms with E-state index in [1.54, 1.807) is 36.5 Å². The molecule has 1 aromatic heterocycles. The molecule has 0 aliphatic heterocycles. The zero-order valence-corrected chi connectivity index (χ0v) is 9.56. The molecule has 0 spiro atoms. The van der Waals surface area contributed by atoms with Gasteiger partial charge in [-0.15, -0.1) is 0 Å². The highest BCUT2D eigenvalue weighted by Crippen LogP contribution is 2.14. The van der Waals surface area contributed by atoms with Gasteiger partial charge in [0.05, 0.1) is 11.9 Å². The third kappa shape index (κ3) is 2.24. The summed E-state index contributed by atoms with van der Waals surface area (Å²) in [6.45, 7) is 0. The number of halogens is 1. The van der Waals surface area contributed by atoms with Crippen LogP contribution in [-0.4, -0.2) is 16.0 Å². The minimum absolute atomic E-state index is 0.360. The van der Waals surface area contributed by atoms with Gasteiger partial charge >= 0.3 is 0 Å². The largest absolute Gasteiger partial charge is 0.411 e. The van der Waals surface area contributed by atoms with Crippen molar-refractivity contribution < 1.29 is 9.60 Å². The number of hydrogen-bond donors (Lipinski definition) is 1. The molecule has 1 N–H and O–H groups in total. The van der Waals surface area contributed by atoms with Gasteiger partial charge in [-0.3, -0.25) is 0 Å². The SMILES string of the molecule is O/N=C/c1cccn(-c2ccccc2F)c1=S. The first-order valence-electron chi connectivity index (χ1n) is 4.88. The van der Waals surface area contributed by atoms with Crippen molar-refractivity contribution in [1.82, 2.24) is 4.57 Å². The van der Waals surface area contributed by atoms with Crippen molar-refractivity contribution in [3.8, 4) is 5.69 Å². The van der Waals surface area contributed by atoms with Crippen LogP contribution in [0.15, 0.2) is 47.8 Å². The molecule has 0 amide bonds. The number of benzene rings is 1. The van der Waals surface area contributed by atoms with Gasteiger partial charge in [0, 0.05) is 11.8 Å². The molecular weight excluding hydrogens is 239 g/mol. The third-order valence-electron chi connectivity index (χ3n) is 2.29. The standard InChI is InChI=1S/C12H9FN2OS/c13-10-5-1-2-6-11(10)15-7-3-4-9(8-14-16)12(15)17/h1-8,16H/b14-8+. The van der Waals surface area contributed by atoms with E-state index in [-0.39, 0.29) is 5.82 Å². The number of rotatable bonds is 2. The van der Waals surface area contributed by atoms with E-state index in [1.165, 1.54) is 16.8 Å². The molecule has 3 nitrogen and oxygen atoms in total. The van der Waals surface area contributed by atoms with Crippen LogP contribution in [0.2, 0.25) is 0 Å². The third-order valence-corrected chi connectivity index (χ3v) is 2.72. The number of hydrogen-bond acceptors (Lipinski definition) is 3. The van der Waals surface area contributed by atoms with E-state index < -0.39 is 0 Å². The minimum atomic E-state index is -0.360. The lowest BCUT2D eigenvalue weighted by atomic mass is 10.2. The Kier molecular flexibility index (Phi) is 3.30. The number of para-hydroxylation sites is 1. The van der Waals surface area contributed by atoms with E-state index in [2.05, 4.69) is 5.16 Å². The van der Waals surface area contributed by atoms with Crippen molar-refractivity contribution >= 4 is 18.4 Å². The van der Waals surface area contributed by atoms with Crippen LogP contribution in [0.3, 0.4) is 0 Å². The summed E-state index contributed by atoms with van der Waals surface area (Å²) in [6.07, 6.45) is 2.88. The molecule has 86 valence electrons. The summed E-state index contributed by atoms with van der Waals surface area (Å²) in [4.78, 5) is 0. The summed E-state index contributed by atoms with van der Waals surface area (Å²) in [6, 6.07) is 9.74. The number of oxime groups is 1. The van der Waals surface area contributed by atoms with Gasteiger partial charge in [0.1, 0.15) is 10.5 Å². The highest BCUT2D eigenvalue weighted by atomic mass is 32.1. The second-order valence-corrected chi connectivity index (χ2v) is 3.72. The van der Waals surface area contributed by atoms with Gasteiger partial charge in [-0.25, -0.2) is 4.39 Å². The molecule has 0 saturated carbocycles. The first-order valence-corrected chi connectivity index (χ1v) is 5.29. The van der Waals surface area contributed by atoms with E-state index in [9.17, 15) is 4.39 Å². The van der Waals surface area contributed by atoms with Crippen LogP contribution in [0.5, 0.6) is 0 Å². The molecular formula is C12H9FN2OS. The molecule has 0 unspecified atom stereocenters. The molecule has 2 aromatic rings. The fraction of sp³-hybridized carbons (Fsp3) is 0. The monoisotopic (exact) mass is 248 g/mol. The van der Waals surface area contributed by atoms with Gasteiger partial charge in [0.2, 0.25) is 0 Å². The molecule has 0 fully saturated rings. The molecule has 17 heavy (non-hydrogen) atoms. The lowest BCUT2D eigenvalue weighted by Crippen LogP contribution is -2.01. The molecule has 0 saturated heterocycles. The fourth-order valence-electron chi connectivity index (χ4n) is 1.51. The lowest BCUT2D eigenvalue weighted by molar-refractivity contribution is 0.322. The summed E-state index contributed by atoms with van der Waals surface area (Å²) in [7, 11) is 0. The van der Waals surface area contributed by atoms with Crippen molar-refractivity contribution in [2.24, 2.45) is 5.16 Å². The smallest absolute Gasteiger partial charge is 0.147 e. The lowest BCUT2D eigenvalue weighted by Gasteiger charge is -2.08. The van der Waals surface area contributed by atoms with E-state index in [1.807, 2.05) is 0 Å². The van der Waals surface area contributed by atoms with Gasteiger partial charge in [0.15, 0.2) is 0 Å². The Balaban J connectivity index is 2.66. The van der Waals surface area contributed by atoms with Crippen LogP contribution in [0.25, 0.3) is 5.69 Å². The summed E-state index contributed by atoms with van der Waals surface area (Å²) in [5, 5.41) is 11.4. The van der Waals surface area contributed by atoms with Crippen molar-refractivity contribution in [1.29, 1.82) is 0 Å². The predicted octanol–water partition coefficient (Wildman–Crippen LogP) is 3.15. The number of pyridine rings is 1. The first kappa shape index (κ1) is 11.5. The highest BCUT2D eigenvalue weighted by Gasteiger charge is 2.04. The molecule has 0 aliphatic rings. The average Bonchev–Trinajstić information content (AvgIpc) is 2.33. The number of aromatic nitrogens is 1. The van der Waals surface area contributed by atoms with Crippen LogP contribution < -0.4 is 0 Å². The summed E-state index contributed by atoms with van der Waals surface area (Å²) in [5.41, 5.74) is 0.916. The Hall–Kier alpha value is -2.01. The number of nitrogens with zero attached hydrogens (tertiary/aromatic N) is 2. The van der Waals surface area contributed by atoms with Gasteiger partial charge in [-0.1, -0.05) is 29.5 Å². The van der Waals surface area contributed by atoms with E-state index in [0.717, 1.165) is 0 Å². The molecule has 5 heteroatoms. The quantitative estimate of drug-likeness (QED) is 0.383. The Morgan fingerprint density at radius 2 is 2.00 bits per heavy atom.